The predicted octanol–water partition coefficient (Wildman–Crippen LogP) is 2.44. The van der Waals surface area contributed by atoms with E-state index in [1.54, 1.807) is 0 Å². The van der Waals surface area contributed by atoms with Crippen LogP contribution in [0.2, 0.25) is 0 Å². The topological polar surface area (TPSA) is 40.6 Å². The Balaban J connectivity index is 1.66. The number of carbonyl (C=O) groups excluding carboxylic acids is 2. The molecule has 26 heavy (non-hydrogen) atoms. The second-order valence-corrected chi connectivity index (χ2v) is 7.90. The molecule has 2 amide bonds. The minimum Gasteiger partial charge on any atom is -0.308 e. The molecule has 0 unspecified atom stereocenters. The van der Waals surface area contributed by atoms with Crippen molar-refractivity contribution in [1.82, 2.24) is 9.80 Å². The number of carbonyl (C=O) groups is 2. The standard InChI is InChI=1S/C22H22N2O2/c1-23(2)11-12-24-21(25)19-17-13-7-3-4-8-14(13)18(20(19)22(24)26)16-10-6-5-9-15(16)17/h3-10,17-20H,11-12H2,1-2H3/t17?,18?,19-,20-/m0/s1. The van der Waals surface area contributed by atoms with Crippen LogP contribution in [0, 0.1) is 11.8 Å². The van der Waals surface area contributed by atoms with Gasteiger partial charge in [-0.3, -0.25) is 14.5 Å². The van der Waals surface area contributed by atoms with Crippen LogP contribution in [0.15, 0.2) is 48.5 Å². The number of benzene rings is 2. The summed E-state index contributed by atoms with van der Waals surface area (Å²) in [6.45, 7) is 1.18. The molecule has 1 heterocycles. The van der Waals surface area contributed by atoms with Gasteiger partial charge in [-0.25, -0.2) is 0 Å². The fourth-order valence-electron chi connectivity index (χ4n) is 5.26. The number of amides is 2. The quantitative estimate of drug-likeness (QED) is 0.802. The Bertz CT molecular complexity index is 804. The predicted molar refractivity (Wildman–Crippen MR) is 98.8 cm³/mol. The molecular formula is C22H22N2O2. The maximum Gasteiger partial charge on any atom is 0.234 e. The molecule has 4 nitrogen and oxygen atoms in total. The first-order chi connectivity index (χ1) is 12.6. The van der Waals surface area contributed by atoms with E-state index in [1.165, 1.54) is 27.2 Å². The monoisotopic (exact) mass is 346 g/mol. The molecule has 4 aliphatic rings. The van der Waals surface area contributed by atoms with Crippen LogP contribution in [0.25, 0.3) is 0 Å². The molecule has 1 saturated heterocycles. The van der Waals surface area contributed by atoms with Crippen molar-refractivity contribution < 1.29 is 9.59 Å². The van der Waals surface area contributed by atoms with Crippen LogP contribution in [0.4, 0.5) is 0 Å². The van der Waals surface area contributed by atoms with Crippen LogP contribution < -0.4 is 0 Å². The molecule has 6 rings (SSSR count). The van der Waals surface area contributed by atoms with Crippen molar-refractivity contribution in [2.45, 2.75) is 11.8 Å². The molecule has 2 atom stereocenters. The first kappa shape index (κ1) is 15.8. The number of likely N-dealkylation sites (tertiary alicyclic amines) is 1. The summed E-state index contributed by atoms with van der Waals surface area (Å²) in [5.74, 6) is -0.475. The summed E-state index contributed by atoms with van der Waals surface area (Å²) >= 11 is 0. The number of nitrogens with zero attached hydrogens (tertiary/aromatic N) is 2. The first-order valence-corrected chi connectivity index (χ1v) is 9.27. The van der Waals surface area contributed by atoms with Crippen molar-refractivity contribution in [2.75, 3.05) is 27.2 Å². The molecule has 3 aliphatic carbocycles. The van der Waals surface area contributed by atoms with E-state index in [1.807, 2.05) is 43.3 Å². The third kappa shape index (κ3) is 1.93. The van der Waals surface area contributed by atoms with Gasteiger partial charge in [-0.05, 0) is 36.3 Å². The van der Waals surface area contributed by atoms with Gasteiger partial charge in [0.2, 0.25) is 11.8 Å². The van der Waals surface area contributed by atoms with Gasteiger partial charge >= 0.3 is 0 Å². The van der Waals surface area contributed by atoms with Crippen LogP contribution in [-0.2, 0) is 9.59 Å². The summed E-state index contributed by atoms with van der Waals surface area (Å²) in [5, 5.41) is 0. The largest absolute Gasteiger partial charge is 0.308 e. The van der Waals surface area contributed by atoms with Gasteiger partial charge in [-0.15, -0.1) is 0 Å². The van der Waals surface area contributed by atoms with Crippen LogP contribution in [-0.4, -0.2) is 48.8 Å². The summed E-state index contributed by atoms with van der Waals surface area (Å²) in [7, 11) is 3.93. The van der Waals surface area contributed by atoms with Gasteiger partial charge in [-0.1, -0.05) is 48.5 Å². The molecular weight excluding hydrogens is 324 g/mol. The highest BCUT2D eigenvalue weighted by Gasteiger charge is 2.61. The molecule has 1 aliphatic heterocycles. The molecule has 4 heteroatoms. The first-order valence-electron chi connectivity index (χ1n) is 9.27. The average Bonchev–Trinajstić information content (AvgIpc) is 2.91. The fraction of sp³-hybridized carbons (Fsp3) is 0.364. The van der Waals surface area contributed by atoms with E-state index in [2.05, 4.69) is 24.3 Å². The molecule has 1 fully saturated rings. The Morgan fingerprint density at radius 1 is 0.769 bits per heavy atom. The van der Waals surface area contributed by atoms with E-state index in [-0.39, 0.29) is 35.5 Å². The highest BCUT2D eigenvalue weighted by molar-refractivity contribution is 6.07. The smallest absolute Gasteiger partial charge is 0.234 e. The Hall–Kier alpha value is -2.46. The lowest BCUT2D eigenvalue weighted by Gasteiger charge is -2.45. The van der Waals surface area contributed by atoms with Gasteiger partial charge in [0, 0.05) is 24.9 Å². The van der Waals surface area contributed by atoms with Gasteiger partial charge in [0.15, 0.2) is 0 Å². The van der Waals surface area contributed by atoms with Gasteiger partial charge in [0.25, 0.3) is 0 Å². The number of hydrogen-bond donors (Lipinski definition) is 0. The van der Waals surface area contributed by atoms with Crippen molar-refractivity contribution in [3.05, 3.63) is 70.8 Å². The van der Waals surface area contributed by atoms with E-state index in [9.17, 15) is 9.59 Å². The molecule has 0 spiro atoms. The Morgan fingerprint density at radius 2 is 1.15 bits per heavy atom. The van der Waals surface area contributed by atoms with Crippen LogP contribution in [0.3, 0.4) is 0 Å². The lowest BCUT2D eigenvalue weighted by molar-refractivity contribution is -0.140. The van der Waals surface area contributed by atoms with E-state index < -0.39 is 0 Å². The number of rotatable bonds is 3. The number of hydrogen-bond acceptors (Lipinski definition) is 3. The van der Waals surface area contributed by atoms with E-state index in [0.29, 0.717) is 13.1 Å². The van der Waals surface area contributed by atoms with Crippen molar-refractivity contribution in [3.63, 3.8) is 0 Å². The number of likely N-dealkylation sites (N-methyl/N-ethyl adjacent to an activating group) is 1. The molecule has 2 aromatic carbocycles. The normalized spacial score (nSPS) is 28.3. The molecule has 2 aromatic rings. The van der Waals surface area contributed by atoms with Crippen molar-refractivity contribution in [1.29, 1.82) is 0 Å². The third-order valence-corrected chi connectivity index (χ3v) is 6.31. The highest BCUT2D eigenvalue weighted by atomic mass is 16.2. The van der Waals surface area contributed by atoms with Crippen molar-refractivity contribution in [2.24, 2.45) is 11.8 Å². The summed E-state index contributed by atoms with van der Waals surface area (Å²) in [6, 6.07) is 16.7. The van der Waals surface area contributed by atoms with E-state index in [4.69, 9.17) is 0 Å². The second-order valence-electron chi connectivity index (χ2n) is 7.90. The Kier molecular flexibility index (Phi) is 3.35. The molecule has 0 saturated carbocycles. The van der Waals surface area contributed by atoms with E-state index in [0.717, 1.165) is 0 Å². The van der Waals surface area contributed by atoms with Crippen molar-refractivity contribution in [3.8, 4) is 0 Å². The maximum atomic E-state index is 13.3. The molecule has 0 radical (unpaired) electrons. The Labute approximate surface area is 153 Å². The summed E-state index contributed by atoms with van der Waals surface area (Å²) in [6.07, 6.45) is 0. The highest BCUT2D eigenvalue weighted by Crippen LogP contribution is 2.60. The van der Waals surface area contributed by atoms with Gasteiger partial charge in [0.05, 0.1) is 11.8 Å². The van der Waals surface area contributed by atoms with Crippen molar-refractivity contribution >= 4 is 11.8 Å². The van der Waals surface area contributed by atoms with Gasteiger partial charge < -0.3 is 4.90 Å². The fourth-order valence-corrected chi connectivity index (χ4v) is 5.26. The molecule has 0 N–H and O–H groups in total. The summed E-state index contributed by atoms with van der Waals surface area (Å²) in [4.78, 5) is 30.1. The zero-order valence-electron chi connectivity index (χ0n) is 15.1. The minimum atomic E-state index is -0.250. The molecule has 132 valence electrons. The summed E-state index contributed by atoms with van der Waals surface area (Å²) < 4.78 is 0. The minimum absolute atomic E-state index is 0.00166. The van der Waals surface area contributed by atoms with E-state index >= 15 is 0 Å². The van der Waals surface area contributed by atoms with Crippen LogP contribution in [0.1, 0.15) is 34.1 Å². The van der Waals surface area contributed by atoms with Crippen LogP contribution >= 0.6 is 0 Å². The van der Waals surface area contributed by atoms with Gasteiger partial charge in [0.1, 0.15) is 0 Å². The second kappa shape index (κ2) is 5.52. The summed E-state index contributed by atoms with van der Waals surface area (Å²) in [5.41, 5.74) is 4.92. The third-order valence-electron chi connectivity index (χ3n) is 6.31. The average molecular weight is 346 g/mol. The van der Waals surface area contributed by atoms with Crippen LogP contribution in [0.5, 0.6) is 0 Å². The lowest BCUT2D eigenvalue weighted by Crippen LogP contribution is -2.41. The zero-order chi connectivity index (χ0) is 18.0. The zero-order valence-corrected chi connectivity index (χ0v) is 15.1. The molecule has 0 aromatic heterocycles. The Morgan fingerprint density at radius 3 is 1.50 bits per heavy atom. The van der Waals surface area contributed by atoms with Gasteiger partial charge in [-0.2, -0.15) is 0 Å². The lowest BCUT2D eigenvalue weighted by atomic mass is 9.55. The maximum absolute atomic E-state index is 13.3. The number of imide groups is 1. The SMILES string of the molecule is CN(C)CCN1C(=O)[C@H]2C3c4ccccc4C(c4ccccc43)[C@@H]2C1=O. The molecule has 2 bridgehead atoms.